The summed E-state index contributed by atoms with van der Waals surface area (Å²) >= 11 is 0. The zero-order valence-electron chi connectivity index (χ0n) is 21.4. The Morgan fingerprint density at radius 1 is 1.06 bits per heavy atom. The first-order chi connectivity index (χ1) is 16.4. The van der Waals surface area contributed by atoms with Crippen molar-refractivity contribution in [3.8, 4) is 0 Å². The molecular formula is C29H36F3NO2. The van der Waals surface area contributed by atoms with E-state index in [0.29, 0.717) is 5.56 Å². The Kier molecular flexibility index (Phi) is 7.16. The maximum absolute atomic E-state index is 14.0. The van der Waals surface area contributed by atoms with Gasteiger partial charge in [-0.05, 0) is 60.6 Å². The summed E-state index contributed by atoms with van der Waals surface area (Å²) < 4.78 is 45.4. The molecule has 0 aliphatic heterocycles. The van der Waals surface area contributed by atoms with Gasteiger partial charge >= 0.3 is 6.18 Å². The maximum Gasteiger partial charge on any atom is 0.416 e. The second-order valence-corrected chi connectivity index (χ2v) is 11.3. The summed E-state index contributed by atoms with van der Waals surface area (Å²) in [5.74, 6) is -0.00896. The van der Waals surface area contributed by atoms with Crippen LogP contribution in [-0.4, -0.2) is 17.9 Å². The number of benzene rings is 1. The summed E-state index contributed by atoms with van der Waals surface area (Å²) in [6.45, 7) is 8.51. The van der Waals surface area contributed by atoms with Crippen LogP contribution in [0, 0.1) is 5.41 Å². The Bertz CT molecular complexity index is 1080. The topological polar surface area (TPSA) is 39.2 Å². The van der Waals surface area contributed by atoms with Crippen LogP contribution < -0.4 is 0 Å². The van der Waals surface area contributed by atoms with Crippen LogP contribution in [0.15, 0.2) is 24.3 Å². The van der Waals surface area contributed by atoms with E-state index in [-0.39, 0.29) is 34.7 Å². The molecule has 35 heavy (non-hydrogen) atoms. The number of carbonyl (C=O) groups excluding carboxylic acids is 1. The molecule has 1 aromatic heterocycles. The largest absolute Gasteiger partial charge is 0.416 e. The van der Waals surface area contributed by atoms with Crippen molar-refractivity contribution in [2.45, 2.75) is 96.8 Å². The van der Waals surface area contributed by atoms with Gasteiger partial charge < -0.3 is 4.74 Å². The molecule has 1 heterocycles. The smallest absolute Gasteiger partial charge is 0.377 e. The van der Waals surface area contributed by atoms with E-state index in [1.807, 2.05) is 13.8 Å². The number of alkyl halides is 3. The third-order valence-corrected chi connectivity index (χ3v) is 7.63. The fourth-order valence-electron chi connectivity index (χ4n) is 5.94. The van der Waals surface area contributed by atoms with Crippen LogP contribution in [0.2, 0.25) is 0 Å². The molecule has 4 rings (SSSR count). The summed E-state index contributed by atoms with van der Waals surface area (Å²) in [6, 6.07) is 4.59. The first kappa shape index (κ1) is 25.9. The van der Waals surface area contributed by atoms with Gasteiger partial charge in [-0.3, -0.25) is 9.78 Å². The fourth-order valence-corrected chi connectivity index (χ4v) is 5.94. The Morgan fingerprint density at radius 3 is 2.23 bits per heavy atom. The third-order valence-electron chi connectivity index (χ3n) is 7.63. The van der Waals surface area contributed by atoms with Crippen LogP contribution in [0.5, 0.6) is 0 Å². The molecule has 2 aliphatic rings. The number of hydrogen-bond donors (Lipinski definition) is 0. The average molecular weight is 488 g/mol. The maximum atomic E-state index is 14.0. The highest BCUT2D eigenvalue weighted by Gasteiger charge is 2.40. The van der Waals surface area contributed by atoms with E-state index in [2.05, 4.69) is 13.8 Å². The molecule has 2 aliphatic carbocycles. The van der Waals surface area contributed by atoms with E-state index in [4.69, 9.17) is 9.72 Å². The molecule has 0 spiro atoms. The van der Waals surface area contributed by atoms with Gasteiger partial charge in [0.1, 0.15) is 0 Å². The Balaban J connectivity index is 1.95. The predicted molar refractivity (Wildman–Crippen MR) is 131 cm³/mol. The third kappa shape index (κ3) is 5.18. The molecule has 1 fully saturated rings. The van der Waals surface area contributed by atoms with Gasteiger partial charge in [0.25, 0.3) is 0 Å². The van der Waals surface area contributed by atoms with Crippen LogP contribution in [0.3, 0.4) is 0 Å². The molecule has 190 valence electrons. The Labute approximate surface area is 206 Å². The van der Waals surface area contributed by atoms with Gasteiger partial charge in [-0.1, -0.05) is 59.1 Å². The molecule has 1 aromatic carbocycles. The molecule has 0 amide bonds. The van der Waals surface area contributed by atoms with Crippen molar-refractivity contribution in [1.29, 1.82) is 0 Å². The minimum Gasteiger partial charge on any atom is -0.377 e. The number of halogens is 3. The number of rotatable bonds is 5. The molecule has 1 atom stereocenters. The average Bonchev–Trinajstić information content (AvgIpc) is 2.81. The SMILES string of the molecule is CO[C@H]1CC(C)(C)Cc2nc(C(C)C)c(C(=O)c3ccc(C(F)(F)F)cc3)c(C3CCCCC3)c21. The molecule has 0 radical (unpaired) electrons. The summed E-state index contributed by atoms with van der Waals surface area (Å²) in [4.78, 5) is 19.1. The predicted octanol–water partition coefficient (Wildman–Crippen LogP) is 8.16. The second-order valence-electron chi connectivity index (χ2n) is 11.3. The number of pyridine rings is 1. The van der Waals surface area contributed by atoms with Crippen molar-refractivity contribution in [2.75, 3.05) is 7.11 Å². The van der Waals surface area contributed by atoms with Gasteiger partial charge in [-0.25, -0.2) is 0 Å². The molecule has 0 saturated heterocycles. The number of ether oxygens (including phenoxy) is 1. The van der Waals surface area contributed by atoms with E-state index in [0.717, 1.165) is 73.2 Å². The highest BCUT2D eigenvalue weighted by Crippen LogP contribution is 2.49. The lowest BCUT2D eigenvalue weighted by molar-refractivity contribution is -0.137. The summed E-state index contributed by atoms with van der Waals surface area (Å²) in [5.41, 5.74) is 4.00. The van der Waals surface area contributed by atoms with Crippen molar-refractivity contribution in [2.24, 2.45) is 5.41 Å². The Morgan fingerprint density at radius 2 is 1.69 bits per heavy atom. The highest BCUT2D eigenvalue weighted by atomic mass is 19.4. The van der Waals surface area contributed by atoms with Crippen LogP contribution in [0.1, 0.15) is 128 Å². The van der Waals surface area contributed by atoms with Crippen molar-refractivity contribution in [3.63, 3.8) is 0 Å². The normalized spacial score (nSPS) is 20.7. The monoisotopic (exact) mass is 487 g/mol. The first-order valence-corrected chi connectivity index (χ1v) is 12.7. The lowest BCUT2D eigenvalue weighted by Crippen LogP contribution is -2.31. The lowest BCUT2D eigenvalue weighted by atomic mass is 9.69. The molecule has 6 heteroatoms. The molecule has 0 unspecified atom stereocenters. The molecule has 0 bridgehead atoms. The van der Waals surface area contributed by atoms with E-state index < -0.39 is 11.7 Å². The van der Waals surface area contributed by atoms with Gasteiger partial charge in [-0.2, -0.15) is 13.2 Å². The standard InChI is InChI=1S/C29H36F3NO2/c1-17(2)26-25(27(34)19-11-13-20(14-12-19)29(30,31)32)23(18-9-7-6-8-10-18)24-21(33-26)15-28(3,4)16-22(24)35-5/h11-14,17-18,22H,6-10,15-16H2,1-5H3/t22-/m0/s1. The van der Waals surface area contributed by atoms with Crippen LogP contribution in [0.4, 0.5) is 13.2 Å². The number of carbonyl (C=O) groups is 1. The van der Waals surface area contributed by atoms with Crippen molar-refractivity contribution in [1.82, 2.24) is 4.98 Å². The minimum atomic E-state index is -4.44. The number of aromatic nitrogens is 1. The summed E-state index contributed by atoms with van der Waals surface area (Å²) in [7, 11) is 1.72. The first-order valence-electron chi connectivity index (χ1n) is 12.7. The summed E-state index contributed by atoms with van der Waals surface area (Å²) in [5, 5.41) is 0. The zero-order chi connectivity index (χ0) is 25.5. The highest BCUT2D eigenvalue weighted by molar-refractivity contribution is 6.11. The second kappa shape index (κ2) is 9.68. The molecule has 0 N–H and O–H groups in total. The quantitative estimate of drug-likeness (QED) is 0.399. The number of hydrogen-bond acceptors (Lipinski definition) is 3. The van der Waals surface area contributed by atoms with E-state index in [9.17, 15) is 18.0 Å². The van der Waals surface area contributed by atoms with Crippen molar-refractivity contribution < 1.29 is 22.7 Å². The van der Waals surface area contributed by atoms with Gasteiger partial charge in [-0.15, -0.1) is 0 Å². The van der Waals surface area contributed by atoms with Crippen LogP contribution >= 0.6 is 0 Å². The number of fused-ring (bicyclic) bond motifs is 1. The number of ketones is 1. The van der Waals surface area contributed by atoms with Gasteiger partial charge in [0, 0.05) is 29.5 Å². The van der Waals surface area contributed by atoms with E-state index >= 15 is 0 Å². The molecule has 2 aromatic rings. The zero-order valence-corrected chi connectivity index (χ0v) is 21.4. The number of methoxy groups -OCH3 is 1. The molecule has 1 saturated carbocycles. The lowest BCUT2D eigenvalue weighted by Gasteiger charge is -2.40. The fraction of sp³-hybridized carbons (Fsp3) is 0.586. The van der Waals surface area contributed by atoms with Crippen molar-refractivity contribution >= 4 is 5.78 Å². The molecular weight excluding hydrogens is 451 g/mol. The van der Waals surface area contributed by atoms with Gasteiger partial charge in [0.15, 0.2) is 5.78 Å². The van der Waals surface area contributed by atoms with E-state index in [1.165, 1.54) is 18.6 Å². The van der Waals surface area contributed by atoms with Crippen LogP contribution in [0.25, 0.3) is 0 Å². The number of nitrogens with zero attached hydrogens (tertiary/aromatic N) is 1. The van der Waals surface area contributed by atoms with Gasteiger partial charge in [0.2, 0.25) is 0 Å². The van der Waals surface area contributed by atoms with Gasteiger partial charge in [0.05, 0.1) is 17.4 Å². The molecule has 3 nitrogen and oxygen atoms in total. The van der Waals surface area contributed by atoms with Crippen LogP contribution in [-0.2, 0) is 17.3 Å². The minimum absolute atomic E-state index is 0.00192. The van der Waals surface area contributed by atoms with Crippen molar-refractivity contribution in [3.05, 3.63) is 63.5 Å². The van der Waals surface area contributed by atoms with E-state index in [1.54, 1.807) is 7.11 Å². The summed E-state index contributed by atoms with van der Waals surface area (Å²) in [6.07, 6.45) is 2.46. The Hall–Kier alpha value is -2.21.